The highest BCUT2D eigenvalue weighted by molar-refractivity contribution is 6.35. The van der Waals surface area contributed by atoms with E-state index >= 15 is 0 Å². The third-order valence-electron chi connectivity index (χ3n) is 3.88. The van der Waals surface area contributed by atoms with Gasteiger partial charge in [0.25, 0.3) is 5.56 Å². The van der Waals surface area contributed by atoms with Crippen LogP contribution in [0.4, 0.5) is 5.95 Å². The summed E-state index contributed by atoms with van der Waals surface area (Å²) >= 11 is 12.3. The number of hydrogen-bond acceptors (Lipinski definition) is 6. The van der Waals surface area contributed by atoms with Gasteiger partial charge < -0.3 is 9.47 Å². The van der Waals surface area contributed by atoms with E-state index in [1.807, 2.05) is 6.07 Å². The Labute approximate surface area is 177 Å². The molecule has 0 aliphatic heterocycles. The van der Waals surface area contributed by atoms with Crippen LogP contribution in [0.5, 0.6) is 11.5 Å². The van der Waals surface area contributed by atoms with Gasteiger partial charge in [0.2, 0.25) is 5.95 Å². The molecule has 0 atom stereocenters. The molecule has 2 N–H and O–H groups in total. The van der Waals surface area contributed by atoms with Crippen LogP contribution in [-0.4, -0.2) is 23.3 Å². The normalized spacial score (nSPS) is 10.9. The second kappa shape index (κ2) is 9.45. The molecule has 1 aromatic heterocycles. The lowest BCUT2D eigenvalue weighted by Gasteiger charge is -2.13. The van der Waals surface area contributed by atoms with E-state index in [0.717, 1.165) is 5.56 Å². The number of ether oxygens (including phenoxy) is 2. The fourth-order valence-electron chi connectivity index (χ4n) is 2.50. The summed E-state index contributed by atoms with van der Waals surface area (Å²) in [4.78, 5) is 18.1. The third-order valence-corrected chi connectivity index (χ3v) is 4.58. The van der Waals surface area contributed by atoms with Crippen LogP contribution in [0.2, 0.25) is 10.0 Å². The largest absolute Gasteiger partial charge is 0.493 e. The van der Waals surface area contributed by atoms with Crippen LogP contribution in [0, 0.1) is 6.92 Å². The second-order valence-corrected chi connectivity index (χ2v) is 6.82. The molecule has 0 saturated heterocycles. The van der Waals surface area contributed by atoms with Crippen LogP contribution in [0.25, 0.3) is 0 Å². The minimum atomic E-state index is -0.253. The quantitative estimate of drug-likeness (QED) is 0.426. The number of aromatic nitrogens is 2. The standard InChI is InChI=1S/C20H18Cl2N4O3/c1-12-8-19(27)25-20(24-12)26-23-10-13-6-7-17(18(9-13)28-2)29-11-14-15(21)4-3-5-16(14)22/h3-10H,11H2,1-2H3,(H2,24,25,26,27)/b23-10-. The highest BCUT2D eigenvalue weighted by atomic mass is 35.5. The van der Waals surface area contributed by atoms with Crippen molar-refractivity contribution in [2.24, 2.45) is 5.10 Å². The van der Waals surface area contributed by atoms with Gasteiger partial charge in [-0.15, -0.1) is 0 Å². The van der Waals surface area contributed by atoms with Crippen LogP contribution in [0.1, 0.15) is 16.8 Å². The van der Waals surface area contributed by atoms with Crippen molar-refractivity contribution in [1.29, 1.82) is 0 Å². The Hall–Kier alpha value is -3.03. The number of aryl methyl sites for hydroxylation is 1. The molecule has 29 heavy (non-hydrogen) atoms. The fraction of sp³-hybridized carbons (Fsp3) is 0.150. The molecule has 1 heterocycles. The number of H-pyrrole nitrogens is 1. The molecule has 0 saturated carbocycles. The van der Waals surface area contributed by atoms with Crippen molar-refractivity contribution in [1.82, 2.24) is 9.97 Å². The van der Waals surface area contributed by atoms with E-state index < -0.39 is 0 Å². The van der Waals surface area contributed by atoms with Gasteiger partial charge in [0.15, 0.2) is 11.5 Å². The number of aromatic amines is 1. The van der Waals surface area contributed by atoms with Crippen molar-refractivity contribution in [2.45, 2.75) is 13.5 Å². The predicted molar refractivity (Wildman–Crippen MR) is 115 cm³/mol. The summed E-state index contributed by atoms with van der Waals surface area (Å²) in [5, 5.41) is 5.15. The molecule has 0 unspecified atom stereocenters. The van der Waals surface area contributed by atoms with E-state index in [1.54, 1.807) is 50.6 Å². The number of nitrogens with zero attached hydrogens (tertiary/aromatic N) is 2. The minimum Gasteiger partial charge on any atom is -0.493 e. The van der Waals surface area contributed by atoms with Gasteiger partial charge in [-0.3, -0.25) is 9.78 Å². The summed E-state index contributed by atoms with van der Waals surface area (Å²) in [6.07, 6.45) is 1.57. The number of benzene rings is 2. The second-order valence-electron chi connectivity index (χ2n) is 6.00. The molecule has 0 aliphatic carbocycles. The van der Waals surface area contributed by atoms with Gasteiger partial charge in [0.1, 0.15) is 6.61 Å². The molecule has 9 heteroatoms. The van der Waals surface area contributed by atoms with Crippen LogP contribution < -0.4 is 20.5 Å². The SMILES string of the molecule is COc1cc(/C=N\Nc2nc(C)cc(=O)[nH]2)ccc1OCc1c(Cl)cccc1Cl. The highest BCUT2D eigenvalue weighted by Crippen LogP contribution is 2.31. The van der Waals surface area contributed by atoms with Crippen molar-refractivity contribution in [3.05, 3.63) is 79.7 Å². The first kappa shape index (κ1) is 20.7. The van der Waals surface area contributed by atoms with Crippen LogP contribution in [0.15, 0.2) is 52.4 Å². The first-order valence-electron chi connectivity index (χ1n) is 8.57. The lowest BCUT2D eigenvalue weighted by atomic mass is 10.2. The zero-order chi connectivity index (χ0) is 20.8. The van der Waals surface area contributed by atoms with Crippen molar-refractivity contribution in [2.75, 3.05) is 12.5 Å². The van der Waals surface area contributed by atoms with Crippen molar-refractivity contribution >= 4 is 35.4 Å². The highest BCUT2D eigenvalue weighted by Gasteiger charge is 2.10. The van der Waals surface area contributed by atoms with Crippen molar-refractivity contribution in [3.63, 3.8) is 0 Å². The topological polar surface area (TPSA) is 88.6 Å². The Morgan fingerprint density at radius 1 is 1.17 bits per heavy atom. The minimum absolute atomic E-state index is 0.205. The molecule has 0 fully saturated rings. The molecule has 3 aromatic rings. The number of halogens is 2. The van der Waals surface area contributed by atoms with Crippen LogP contribution in [0.3, 0.4) is 0 Å². The number of rotatable bonds is 7. The Bertz CT molecular complexity index is 1080. The lowest BCUT2D eigenvalue weighted by molar-refractivity contribution is 0.284. The molecule has 150 valence electrons. The van der Waals surface area contributed by atoms with E-state index in [0.29, 0.717) is 32.8 Å². The van der Waals surface area contributed by atoms with E-state index in [1.165, 1.54) is 6.07 Å². The van der Waals surface area contributed by atoms with Gasteiger partial charge in [0.05, 0.1) is 13.3 Å². The molecule has 0 spiro atoms. The van der Waals surface area contributed by atoms with E-state index in [9.17, 15) is 4.79 Å². The summed E-state index contributed by atoms with van der Waals surface area (Å²) in [5.74, 6) is 1.33. The van der Waals surface area contributed by atoms with Crippen LogP contribution in [-0.2, 0) is 6.61 Å². The smallest absolute Gasteiger partial charge is 0.252 e. The molecule has 0 radical (unpaired) electrons. The third kappa shape index (κ3) is 5.49. The zero-order valence-electron chi connectivity index (χ0n) is 15.7. The molecule has 3 rings (SSSR count). The Morgan fingerprint density at radius 3 is 2.62 bits per heavy atom. The lowest BCUT2D eigenvalue weighted by Crippen LogP contribution is -2.10. The monoisotopic (exact) mass is 432 g/mol. The van der Waals surface area contributed by atoms with Gasteiger partial charge in [-0.2, -0.15) is 5.10 Å². The summed E-state index contributed by atoms with van der Waals surface area (Å²) in [6, 6.07) is 12.0. The number of anilines is 1. The Morgan fingerprint density at radius 2 is 1.93 bits per heavy atom. The summed E-state index contributed by atoms with van der Waals surface area (Å²) < 4.78 is 11.2. The maximum atomic E-state index is 11.4. The number of hydrazone groups is 1. The van der Waals surface area contributed by atoms with Crippen molar-refractivity contribution in [3.8, 4) is 11.5 Å². The molecule has 2 aromatic carbocycles. The van der Waals surface area contributed by atoms with Gasteiger partial charge in [0, 0.05) is 27.4 Å². The number of methoxy groups -OCH3 is 1. The molecule has 0 aliphatic rings. The van der Waals surface area contributed by atoms with Crippen molar-refractivity contribution < 1.29 is 9.47 Å². The van der Waals surface area contributed by atoms with Gasteiger partial charge in [-0.25, -0.2) is 10.4 Å². The zero-order valence-corrected chi connectivity index (χ0v) is 17.2. The van der Waals surface area contributed by atoms with Gasteiger partial charge in [-0.1, -0.05) is 29.3 Å². The summed E-state index contributed by atoms with van der Waals surface area (Å²) in [5.41, 5.74) is 4.48. The first-order valence-corrected chi connectivity index (χ1v) is 9.32. The fourth-order valence-corrected chi connectivity index (χ4v) is 3.01. The average Bonchev–Trinajstić information content (AvgIpc) is 2.67. The summed E-state index contributed by atoms with van der Waals surface area (Å²) in [6.45, 7) is 1.93. The average molecular weight is 433 g/mol. The predicted octanol–water partition coefficient (Wildman–Crippen LogP) is 4.42. The number of nitrogens with one attached hydrogen (secondary N) is 2. The molecule has 0 amide bonds. The van der Waals surface area contributed by atoms with Crippen LogP contribution >= 0.6 is 23.2 Å². The summed E-state index contributed by atoms with van der Waals surface area (Å²) in [7, 11) is 1.55. The molecular weight excluding hydrogens is 415 g/mol. The van der Waals surface area contributed by atoms with E-state index in [2.05, 4.69) is 20.5 Å². The molecular formula is C20H18Cl2N4O3. The molecule has 7 nitrogen and oxygen atoms in total. The van der Waals surface area contributed by atoms with Gasteiger partial charge in [-0.05, 0) is 42.8 Å². The number of hydrogen-bond donors (Lipinski definition) is 2. The maximum Gasteiger partial charge on any atom is 0.252 e. The molecule has 0 bridgehead atoms. The maximum absolute atomic E-state index is 11.4. The Balaban J connectivity index is 1.70. The van der Waals surface area contributed by atoms with E-state index in [4.69, 9.17) is 32.7 Å². The Kier molecular flexibility index (Phi) is 6.74. The first-order chi connectivity index (χ1) is 14.0. The van der Waals surface area contributed by atoms with E-state index in [-0.39, 0.29) is 18.1 Å². The van der Waals surface area contributed by atoms with Gasteiger partial charge >= 0.3 is 0 Å².